The van der Waals surface area contributed by atoms with Gasteiger partial charge in [-0.05, 0) is 26.8 Å². The first-order valence-corrected chi connectivity index (χ1v) is 5.87. The monoisotopic (exact) mass is 287 g/mol. The highest BCUT2D eigenvalue weighted by Gasteiger charge is 2.41. The molecule has 0 saturated carbocycles. The first kappa shape index (κ1) is 14.3. The van der Waals surface area contributed by atoms with Crippen LogP contribution in [0.5, 0.6) is 0 Å². The van der Waals surface area contributed by atoms with Gasteiger partial charge in [0, 0.05) is 11.4 Å². The molecule has 0 aliphatic carbocycles. The number of carbonyl (C=O) groups is 1. The molecule has 0 aromatic carbocycles. The predicted octanol–water partition coefficient (Wildman–Crippen LogP) is 2.54. The molecule has 0 aliphatic heterocycles. The fraction of sp³-hybridized carbons (Fsp3) is 0.417. The van der Waals surface area contributed by atoms with E-state index in [0.717, 1.165) is 4.52 Å². The number of hydrogen-bond donors (Lipinski definition) is 0. The highest BCUT2D eigenvalue weighted by atomic mass is 19.4. The molecule has 0 N–H and O–H groups in total. The Labute approximate surface area is 112 Å². The van der Waals surface area contributed by atoms with E-state index in [-0.39, 0.29) is 12.3 Å². The van der Waals surface area contributed by atoms with Gasteiger partial charge in [0.05, 0.1) is 6.61 Å². The molecule has 0 fully saturated rings. The summed E-state index contributed by atoms with van der Waals surface area (Å²) in [5, 5.41) is 3.46. The van der Waals surface area contributed by atoms with Crippen molar-refractivity contribution in [3.8, 4) is 0 Å². The van der Waals surface area contributed by atoms with Crippen LogP contribution in [0.3, 0.4) is 0 Å². The molecule has 0 bridgehead atoms. The summed E-state index contributed by atoms with van der Waals surface area (Å²) in [6.45, 7) is 4.70. The number of halogens is 3. The quantitative estimate of drug-likeness (QED) is 0.796. The van der Waals surface area contributed by atoms with Crippen molar-refractivity contribution in [2.75, 3.05) is 6.61 Å². The lowest BCUT2D eigenvalue weighted by atomic mass is 10.2. The summed E-state index contributed by atoms with van der Waals surface area (Å²) in [7, 11) is 0. The normalized spacial score (nSPS) is 11.9. The summed E-state index contributed by atoms with van der Waals surface area (Å²) in [6.07, 6.45) is -4.75. The maximum atomic E-state index is 13.0. The lowest BCUT2D eigenvalue weighted by Gasteiger charge is -2.05. The van der Waals surface area contributed by atoms with Gasteiger partial charge in [0.1, 0.15) is 5.56 Å². The molecule has 2 aromatic heterocycles. The van der Waals surface area contributed by atoms with Gasteiger partial charge in [0.25, 0.3) is 0 Å². The minimum atomic E-state index is -4.75. The Balaban J connectivity index is 2.82. The van der Waals surface area contributed by atoms with Crippen LogP contribution >= 0.6 is 0 Å². The van der Waals surface area contributed by atoms with Gasteiger partial charge in [0.15, 0.2) is 11.3 Å². The number of aromatic nitrogens is 3. The van der Waals surface area contributed by atoms with Crippen molar-refractivity contribution < 1.29 is 22.7 Å². The number of aryl methyl sites for hydroxylation is 2. The molecule has 0 unspecified atom stereocenters. The van der Waals surface area contributed by atoms with Gasteiger partial charge in [-0.1, -0.05) is 0 Å². The van der Waals surface area contributed by atoms with Crippen molar-refractivity contribution >= 4 is 11.6 Å². The second-order valence-corrected chi connectivity index (χ2v) is 4.22. The van der Waals surface area contributed by atoms with E-state index in [1.165, 1.54) is 6.92 Å². The van der Waals surface area contributed by atoms with Crippen molar-refractivity contribution in [1.29, 1.82) is 0 Å². The van der Waals surface area contributed by atoms with Crippen molar-refractivity contribution in [1.82, 2.24) is 14.6 Å². The zero-order chi connectivity index (χ0) is 15.1. The fourth-order valence-electron chi connectivity index (χ4n) is 1.91. The molecule has 0 radical (unpaired) electrons. The summed E-state index contributed by atoms with van der Waals surface area (Å²) in [5.74, 6) is -1.08. The molecule has 20 heavy (non-hydrogen) atoms. The van der Waals surface area contributed by atoms with E-state index < -0.39 is 23.4 Å². The van der Waals surface area contributed by atoms with Gasteiger partial charge in [-0.3, -0.25) is 0 Å². The van der Waals surface area contributed by atoms with Crippen LogP contribution < -0.4 is 0 Å². The van der Waals surface area contributed by atoms with E-state index in [1.807, 2.05) is 0 Å². The third-order valence-electron chi connectivity index (χ3n) is 2.64. The van der Waals surface area contributed by atoms with Crippen molar-refractivity contribution in [2.24, 2.45) is 0 Å². The number of alkyl halides is 3. The zero-order valence-corrected chi connectivity index (χ0v) is 11.1. The number of esters is 1. The Morgan fingerprint density at radius 1 is 1.40 bits per heavy atom. The highest BCUT2D eigenvalue weighted by Crippen LogP contribution is 2.33. The average Bonchev–Trinajstić information content (AvgIpc) is 2.68. The van der Waals surface area contributed by atoms with Gasteiger partial charge in [-0.15, -0.1) is 0 Å². The van der Waals surface area contributed by atoms with Crippen LogP contribution in [0.1, 0.15) is 34.4 Å². The van der Waals surface area contributed by atoms with Crippen LogP contribution in [0.4, 0.5) is 13.2 Å². The van der Waals surface area contributed by atoms with Gasteiger partial charge >= 0.3 is 12.1 Å². The van der Waals surface area contributed by atoms with Crippen LogP contribution in [0.15, 0.2) is 6.07 Å². The number of hydrogen-bond acceptors (Lipinski definition) is 4. The maximum Gasteiger partial charge on any atom is 0.436 e. The third-order valence-corrected chi connectivity index (χ3v) is 2.64. The van der Waals surface area contributed by atoms with Gasteiger partial charge in [0.2, 0.25) is 0 Å². The van der Waals surface area contributed by atoms with Crippen LogP contribution in [-0.2, 0) is 10.9 Å². The third kappa shape index (κ3) is 2.33. The van der Waals surface area contributed by atoms with E-state index >= 15 is 0 Å². The number of nitrogens with zero attached hydrogens (tertiary/aromatic N) is 3. The van der Waals surface area contributed by atoms with Crippen molar-refractivity contribution in [3.63, 3.8) is 0 Å². The van der Waals surface area contributed by atoms with Crippen LogP contribution in [0.2, 0.25) is 0 Å². The van der Waals surface area contributed by atoms with Gasteiger partial charge in [-0.25, -0.2) is 14.3 Å². The lowest BCUT2D eigenvalue weighted by Crippen LogP contribution is -2.14. The topological polar surface area (TPSA) is 56.5 Å². The Morgan fingerprint density at radius 2 is 2.05 bits per heavy atom. The Kier molecular flexibility index (Phi) is 3.41. The molecule has 0 saturated heterocycles. The van der Waals surface area contributed by atoms with E-state index in [4.69, 9.17) is 0 Å². The van der Waals surface area contributed by atoms with E-state index in [1.54, 1.807) is 19.9 Å². The molecule has 0 amide bonds. The van der Waals surface area contributed by atoms with Gasteiger partial charge < -0.3 is 4.74 Å². The summed E-state index contributed by atoms with van der Waals surface area (Å²) in [4.78, 5) is 15.8. The molecule has 5 nitrogen and oxygen atoms in total. The Morgan fingerprint density at radius 3 is 2.60 bits per heavy atom. The molecule has 0 aliphatic rings. The SMILES string of the molecule is CCOC(=O)c1c(C(F)(F)F)nn2c(C)cc(C)nc12. The summed E-state index contributed by atoms with van der Waals surface area (Å²) < 4.78 is 44.7. The second kappa shape index (κ2) is 4.77. The average molecular weight is 287 g/mol. The molecule has 2 heterocycles. The summed E-state index contributed by atoms with van der Waals surface area (Å²) in [6, 6.07) is 1.58. The standard InChI is InChI=1S/C12H12F3N3O2/c1-4-20-11(19)8-9(12(13,14)15)17-18-7(3)5-6(2)16-10(8)18/h5H,4H2,1-3H3. The minimum absolute atomic E-state index is 0.0295. The fourth-order valence-corrected chi connectivity index (χ4v) is 1.91. The van der Waals surface area contributed by atoms with E-state index in [2.05, 4.69) is 14.8 Å². The number of fused-ring (bicyclic) bond motifs is 1. The van der Waals surface area contributed by atoms with E-state index in [9.17, 15) is 18.0 Å². The van der Waals surface area contributed by atoms with Crippen molar-refractivity contribution in [3.05, 3.63) is 28.7 Å². The number of ether oxygens (including phenoxy) is 1. The molecule has 0 spiro atoms. The van der Waals surface area contributed by atoms with Crippen LogP contribution in [-0.4, -0.2) is 27.2 Å². The maximum absolute atomic E-state index is 13.0. The molecule has 2 aromatic rings. The number of rotatable bonds is 2. The first-order valence-electron chi connectivity index (χ1n) is 5.87. The predicted molar refractivity (Wildman–Crippen MR) is 63.4 cm³/mol. The van der Waals surface area contributed by atoms with Gasteiger partial charge in [-0.2, -0.15) is 18.3 Å². The highest BCUT2D eigenvalue weighted by molar-refractivity contribution is 5.97. The Bertz CT molecular complexity index is 677. The molecular formula is C12H12F3N3O2. The van der Waals surface area contributed by atoms with Crippen LogP contribution in [0.25, 0.3) is 5.65 Å². The molecule has 2 rings (SSSR count). The van der Waals surface area contributed by atoms with E-state index in [0.29, 0.717) is 11.4 Å². The lowest BCUT2D eigenvalue weighted by molar-refractivity contribution is -0.141. The Hall–Kier alpha value is -2.12. The molecule has 0 atom stereocenters. The molecular weight excluding hydrogens is 275 g/mol. The van der Waals surface area contributed by atoms with Crippen molar-refractivity contribution in [2.45, 2.75) is 26.9 Å². The summed E-state index contributed by atoms with van der Waals surface area (Å²) in [5.41, 5.74) is -1.13. The van der Waals surface area contributed by atoms with Crippen LogP contribution in [0, 0.1) is 13.8 Å². The summed E-state index contributed by atoms with van der Waals surface area (Å²) >= 11 is 0. The molecule has 108 valence electrons. The number of carbonyl (C=O) groups excluding carboxylic acids is 1. The minimum Gasteiger partial charge on any atom is -0.462 e. The smallest absolute Gasteiger partial charge is 0.436 e. The first-order chi connectivity index (χ1) is 9.25. The largest absolute Gasteiger partial charge is 0.462 e. The second-order valence-electron chi connectivity index (χ2n) is 4.22. The zero-order valence-electron chi connectivity index (χ0n) is 11.1. The molecule has 8 heteroatoms.